The molecule has 1 N–H and O–H groups in total. The number of benzene rings is 2. The molecule has 0 bridgehead atoms. The lowest BCUT2D eigenvalue weighted by Gasteiger charge is -2.41. The van der Waals surface area contributed by atoms with Gasteiger partial charge in [-0.25, -0.2) is 9.80 Å². The maximum absolute atomic E-state index is 13.5. The molecule has 4 amide bonds. The fourth-order valence-corrected chi connectivity index (χ4v) is 6.73. The van der Waals surface area contributed by atoms with E-state index in [1.54, 1.807) is 6.21 Å². The minimum absolute atomic E-state index is 0.0226. The number of thioether (sulfide) groups is 1. The van der Waals surface area contributed by atoms with Crippen molar-refractivity contribution in [2.75, 3.05) is 13.1 Å². The predicted molar refractivity (Wildman–Crippen MR) is 140 cm³/mol. The van der Waals surface area contributed by atoms with Crippen LogP contribution >= 0.6 is 11.8 Å². The Kier molecular flexibility index (Phi) is 6.68. The van der Waals surface area contributed by atoms with Crippen molar-refractivity contribution >= 4 is 49.8 Å². The molecule has 3 aliphatic heterocycles. The van der Waals surface area contributed by atoms with Crippen LogP contribution in [0.1, 0.15) is 18.1 Å². The van der Waals surface area contributed by atoms with Crippen LogP contribution in [0.2, 0.25) is 0 Å². The van der Waals surface area contributed by atoms with Gasteiger partial charge in [0.1, 0.15) is 11.4 Å². The zero-order valence-electron chi connectivity index (χ0n) is 20.4. The largest absolute Gasteiger partial charge is 0.541 e. The molecule has 2 aromatic rings. The van der Waals surface area contributed by atoms with Crippen molar-refractivity contribution in [2.24, 2.45) is 5.10 Å². The zero-order chi connectivity index (χ0) is 26.2. The van der Waals surface area contributed by atoms with Crippen molar-refractivity contribution in [1.82, 2.24) is 20.1 Å². The maximum atomic E-state index is 13.5. The number of hydrogen-bond donors (Lipinski definition) is 1. The molecule has 3 heterocycles. The standard InChI is InChI=1S/C25H26BN5O5S/c1-16-14-30(27-13-18-10-6-3-7-11-18)24(35)31(16)25(23(34)36-26)15-29-21(33)20(22(29)37-25)28-19(32)12-17-8-4-2-5-9-17/h2-11,13,16,20,22H,12,14-15,26H2,1H3,(H,28,32)/b27-13+/t16-,20-,22-,25-/m1/s1. The van der Waals surface area contributed by atoms with E-state index in [2.05, 4.69) is 10.4 Å². The van der Waals surface area contributed by atoms with Crippen molar-refractivity contribution in [3.8, 4) is 0 Å². The third-order valence-corrected chi connectivity index (χ3v) is 8.36. The normalized spacial score (nSPS) is 26.8. The lowest BCUT2D eigenvalue weighted by Crippen LogP contribution is -2.67. The molecule has 3 aliphatic rings. The summed E-state index contributed by atoms with van der Waals surface area (Å²) in [5, 5.41) is 7.97. The minimum atomic E-state index is -1.44. The molecule has 10 nitrogen and oxygen atoms in total. The summed E-state index contributed by atoms with van der Waals surface area (Å²) in [7, 11) is 1.26. The second-order valence-corrected chi connectivity index (χ2v) is 10.6. The van der Waals surface area contributed by atoms with Gasteiger partial charge in [0.15, 0.2) is 0 Å². The van der Waals surface area contributed by atoms with Crippen LogP contribution in [-0.2, 0) is 25.5 Å². The molecule has 190 valence electrons. The number of hydrazone groups is 1. The van der Waals surface area contributed by atoms with E-state index in [0.29, 0.717) is 0 Å². The first-order chi connectivity index (χ1) is 17.8. The van der Waals surface area contributed by atoms with Crippen molar-refractivity contribution in [3.63, 3.8) is 0 Å². The molecule has 5 rings (SSSR count). The fourth-order valence-electron chi connectivity index (χ4n) is 4.94. The average molecular weight is 519 g/mol. The first kappa shape index (κ1) is 24.9. The molecule has 0 aromatic heterocycles. The van der Waals surface area contributed by atoms with E-state index in [4.69, 9.17) is 4.65 Å². The minimum Gasteiger partial charge on any atom is -0.541 e. The lowest BCUT2D eigenvalue weighted by atomic mass is 10.0. The van der Waals surface area contributed by atoms with Crippen molar-refractivity contribution in [1.29, 1.82) is 0 Å². The van der Waals surface area contributed by atoms with Gasteiger partial charge in [0.05, 0.1) is 31.8 Å². The van der Waals surface area contributed by atoms with Gasteiger partial charge < -0.3 is 14.9 Å². The molecule has 37 heavy (non-hydrogen) atoms. The van der Waals surface area contributed by atoms with Gasteiger partial charge in [-0.1, -0.05) is 72.4 Å². The topological polar surface area (TPSA) is 112 Å². The Bertz CT molecular complexity index is 1250. The molecule has 0 radical (unpaired) electrons. The number of carbonyl (C=O) groups excluding carboxylic acids is 4. The van der Waals surface area contributed by atoms with Gasteiger partial charge in [0.25, 0.3) is 0 Å². The van der Waals surface area contributed by atoms with Crippen LogP contribution in [-0.4, -0.2) is 88.3 Å². The smallest absolute Gasteiger partial charge is 0.342 e. The third kappa shape index (κ3) is 4.46. The maximum Gasteiger partial charge on any atom is 0.342 e. The van der Waals surface area contributed by atoms with Crippen LogP contribution in [0.5, 0.6) is 0 Å². The van der Waals surface area contributed by atoms with Crippen LogP contribution in [0.15, 0.2) is 65.8 Å². The Labute approximate surface area is 219 Å². The van der Waals surface area contributed by atoms with Gasteiger partial charge in [-0.2, -0.15) is 5.10 Å². The molecular formula is C25H26BN5O5S. The van der Waals surface area contributed by atoms with Crippen LogP contribution < -0.4 is 5.32 Å². The van der Waals surface area contributed by atoms with E-state index < -0.39 is 28.3 Å². The van der Waals surface area contributed by atoms with E-state index >= 15 is 0 Å². The van der Waals surface area contributed by atoms with Gasteiger partial charge in [0, 0.05) is 0 Å². The number of fused-ring (bicyclic) bond motifs is 1. The van der Waals surface area contributed by atoms with Crippen LogP contribution in [0, 0.1) is 0 Å². The summed E-state index contributed by atoms with van der Waals surface area (Å²) >= 11 is 1.16. The van der Waals surface area contributed by atoms with E-state index in [-0.39, 0.29) is 37.4 Å². The molecule has 2 aromatic carbocycles. The Morgan fingerprint density at radius 3 is 2.51 bits per heavy atom. The number of β-lactam (4-membered cyclic amide) rings is 1. The highest BCUT2D eigenvalue weighted by Gasteiger charge is 2.67. The highest BCUT2D eigenvalue weighted by Crippen LogP contribution is 2.51. The van der Waals surface area contributed by atoms with E-state index in [0.717, 1.165) is 22.9 Å². The SMILES string of the molecule is BOC(=O)[C@@]1(N2C(=O)N(/N=C/c3ccccc3)C[C@H]2C)CN2C(=O)[C@@H](NC(=O)Cc3ccccc3)[C@H]2S1. The fraction of sp³-hybridized carbons (Fsp3) is 0.320. The predicted octanol–water partition coefficient (Wildman–Crippen LogP) is 0.577. The number of rotatable bonds is 7. The number of urea groups is 1. The molecule has 12 heteroatoms. The Balaban J connectivity index is 1.33. The first-order valence-corrected chi connectivity index (χ1v) is 12.8. The van der Waals surface area contributed by atoms with Crippen molar-refractivity contribution < 1.29 is 23.8 Å². The number of nitrogens with one attached hydrogen (secondary N) is 1. The molecule has 0 aliphatic carbocycles. The number of carbonyl (C=O) groups is 4. The Hall–Kier alpha value is -3.80. The quantitative estimate of drug-likeness (QED) is 0.326. The molecule has 0 unspecified atom stereocenters. The Morgan fingerprint density at radius 1 is 1.16 bits per heavy atom. The second kappa shape index (κ2) is 9.93. The summed E-state index contributed by atoms with van der Waals surface area (Å²) in [6, 6.07) is 17.0. The Morgan fingerprint density at radius 2 is 1.84 bits per heavy atom. The van der Waals surface area contributed by atoms with Gasteiger partial charge >= 0.3 is 20.0 Å². The van der Waals surface area contributed by atoms with Crippen LogP contribution in [0.25, 0.3) is 0 Å². The van der Waals surface area contributed by atoms with Crippen LogP contribution in [0.4, 0.5) is 4.79 Å². The summed E-state index contributed by atoms with van der Waals surface area (Å²) in [6.07, 6.45) is 1.73. The highest BCUT2D eigenvalue weighted by molar-refractivity contribution is 8.02. The molecule has 0 spiro atoms. The molecule has 3 saturated heterocycles. The first-order valence-electron chi connectivity index (χ1n) is 11.9. The molecule has 3 fully saturated rings. The third-order valence-electron chi connectivity index (χ3n) is 6.71. The lowest BCUT2D eigenvalue weighted by molar-refractivity contribution is -0.150. The zero-order valence-corrected chi connectivity index (χ0v) is 21.3. The second-order valence-electron chi connectivity index (χ2n) is 9.20. The van der Waals surface area contributed by atoms with Gasteiger partial charge in [-0.05, 0) is 18.1 Å². The summed E-state index contributed by atoms with van der Waals surface area (Å²) in [4.78, 5) is 53.7. The van der Waals surface area contributed by atoms with Crippen molar-refractivity contribution in [2.45, 2.75) is 35.7 Å². The van der Waals surface area contributed by atoms with Crippen molar-refractivity contribution in [3.05, 3.63) is 71.8 Å². The summed E-state index contributed by atoms with van der Waals surface area (Å²) in [6.45, 7) is 2.08. The highest BCUT2D eigenvalue weighted by atomic mass is 32.2. The summed E-state index contributed by atoms with van der Waals surface area (Å²) < 4.78 is 5.13. The van der Waals surface area contributed by atoms with Gasteiger partial charge in [-0.15, -0.1) is 0 Å². The monoisotopic (exact) mass is 519 g/mol. The number of amides is 4. The van der Waals surface area contributed by atoms with E-state index in [9.17, 15) is 19.2 Å². The van der Waals surface area contributed by atoms with E-state index in [1.165, 1.54) is 22.9 Å². The van der Waals surface area contributed by atoms with Crippen LogP contribution in [0.3, 0.4) is 0 Å². The summed E-state index contributed by atoms with van der Waals surface area (Å²) in [5.41, 5.74) is 1.67. The van der Waals surface area contributed by atoms with Gasteiger partial charge in [0.2, 0.25) is 16.7 Å². The summed E-state index contributed by atoms with van der Waals surface area (Å²) in [5.74, 6) is -1.20. The molecule has 4 atom stereocenters. The molecule has 0 saturated carbocycles. The number of nitrogens with zero attached hydrogens (tertiary/aromatic N) is 4. The number of hydrogen-bond acceptors (Lipinski definition) is 7. The molecular weight excluding hydrogens is 493 g/mol. The van der Waals surface area contributed by atoms with Gasteiger partial charge in [-0.3, -0.25) is 19.3 Å². The average Bonchev–Trinajstić information content (AvgIpc) is 3.41. The van der Waals surface area contributed by atoms with E-state index in [1.807, 2.05) is 67.6 Å².